The van der Waals surface area contributed by atoms with E-state index in [0.717, 1.165) is 11.1 Å². The molecular weight excluding hydrogens is 312 g/mol. The molecule has 0 fully saturated rings. The third-order valence-electron chi connectivity index (χ3n) is 3.97. The van der Waals surface area contributed by atoms with Crippen LogP contribution in [0.1, 0.15) is 21.5 Å². The van der Waals surface area contributed by atoms with Gasteiger partial charge < -0.3 is 18.9 Å². The van der Waals surface area contributed by atoms with Gasteiger partial charge in [0.1, 0.15) is 6.61 Å². The molecule has 2 aromatic carbocycles. The predicted octanol–water partition coefficient (Wildman–Crippen LogP) is 2.24. The first-order valence-corrected chi connectivity index (χ1v) is 7.55. The van der Waals surface area contributed by atoms with Crippen LogP contribution >= 0.6 is 0 Å². The molecule has 0 aromatic heterocycles. The van der Waals surface area contributed by atoms with E-state index < -0.39 is 18.0 Å². The number of fused-ring (bicyclic) bond motifs is 2. The molecule has 0 amide bonds. The van der Waals surface area contributed by atoms with E-state index in [4.69, 9.17) is 18.9 Å². The number of ether oxygens (including phenoxy) is 4. The summed E-state index contributed by atoms with van der Waals surface area (Å²) < 4.78 is 21.0. The summed E-state index contributed by atoms with van der Waals surface area (Å²) in [4.78, 5) is 24.1. The first-order valence-electron chi connectivity index (χ1n) is 7.55. The number of carbonyl (C=O) groups excluding carboxylic acids is 2. The van der Waals surface area contributed by atoms with Crippen molar-refractivity contribution in [2.24, 2.45) is 0 Å². The van der Waals surface area contributed by atoms with Gasteiger partial charge in [0.2, 0.25) is 12.9 Å². The lowest BCUT2D eigenvalue weighted by molar-refractivity contribution is -0.155. The average molecular weight is 326 g/mol. The van der Waals surface area contributed by atoms with E-state index in [1.165, 1.54) is 0 Å². The van der Waals surface area contributed by atoms with Gasteiger partial charge in [-0.3, -0.25) is 0 Å². The zero-order valence-electron chi connectivity index (χ0n) is 12.7. The van der Waals surface area contributed by atoms with Crippen LogP contribution in [0.25, 0.3) is 0 Å². The molecule has 0 saturated heterocycles. The predicted molar refractivity (Wildman–Crippen MR) is 81.7 cm³/mol. The van der Waals surface area contributed by atoms with E-state index in [2.05, 4.69) is 0 Å². The van der Waals surface area contributed by atoms with E-state index in [-0.39, 0.29) is 13.4 Å². The van der Waals surface area contributed by atoms with E-state index in [9.17, 15) is 9.59 Å². The summed E-state index contributed by atoms with van der Waals surface area (Å²) in [6.07, 6.45) is -0.594. The third kappa shape index (κ3) is 2.67. The van der Waals surface area contributed by atoms with Gasteiger partial charge in [0.15, 0.2) is 11.5 Å². The molecule has 0 bridgehead atoms. The minimum Gasteiger partial charge on any atom is -0.458 e. The van der Waals surface area contributed by atoms with Crippen molar-refractivity contribution in [2.75, 3.05) is 6.79 Å². The number of benzene rings is 2. The summed E-state index contributed by atoms with van der Waals surface area (Å²) >= 11 is 0. The Kier molecular flexibility index (Phi) is 3.57. The van der Waals surface area contributed by atoms with Crippen LogP contribution in [0.15, 0.2) is 42.5 Å². The summed E-state index contributed by atoms with van der Waals surface area (Å²) in [5.41, 5.74) is 2.06. The van der Waals surface area contributed by atoms with Gasteiger partial charge >= 0.3 is 11.9 Å². The summed E-state index contributed by atoms with van der Waals surface area (Å²) in [5, 5.41) is 0. The van der Waals surface area contributed by atoms with Gasteiger partial charge in [-0.25, -0.2) is 9.59 Å². The van der Waals surface area contributed by atoms with E-state index in [1.807, 2.05) is 12.1 Å². The molecule has 6 nitrogen and oxygen atoms in total. The molecule has 24 heavy (non-hydrogen) atoms. The summed E-state index contributed by atoms with van der Waals surface area (Å²) in [6.45, 7) is 0.265. The van der Waals surface area contributed by atoms with Crippen LogP contribution in [-0.4, -0.2) is 24.8 Å². The third-order valence-corrected chi connectivity index (χ3v) is 3.97. The molecule has 2 heterocycles. The van der Waals surface area contributed by atoms with Crippen LogP contribution in [0.2, 0.25) is 0 Å². The Morgan fingerprint density at radius 2 is 1.96 bits per heavy atom. The average Bonchev–Trinajstić information content (AvgIpc) is 3.07. The number of esters is 2. The van der Waals surface area contributed by atoms with Crippen LogP contribution in [0.4, 0.5) is 0 Å². The maximum absolute atomic E-state index is 12.2. The van der Waals surface area contributed by atoms with Gasteiger partial charge in [-0.1, -0.05) is 24.3 Å². The van der Waals surface area contributed by atoms with Crippen molar-refractivity contribution in [2.45, 2.75) is 19.1 Å². The monoisotopic (exact) mass is 326 g/mol. The Labute approximate surface area is 137 Å². The van der Waals surface area contributed by atoms with Crippen molar-refractivity contribution >= 4 is 11.9 Å². The summed E-state index contributed by atoms with van der Waals surface area (Å²) in [6, 6.07) is 12.4. The zero-order valence-corrected chi connectivity index (χ0v) is 12.7. The lowest BCUT2D eigenvalue weighted by Crippen LogP contribution is -2.35. The van der Waals surface area contributed by atoms with Crippen molar-refractivity contribution in [3.05, 3.63) is 59.2 Å². The van der Waals surface area contributed by atoms with Crippen LogP contribution in [0.5, 0.6) is 11.5 Å². The minimum atomic E-state index is -0.915. The topological polar surface area (TPSA) is 71.1 Å². The molecule has 0 spiro atoms. The molecule has 0 saturated carbocycles. The van der Waals surface area contributed by atoms with Gasteiger partial charge in [-0.05, 0) is 29.3 Å². The molecule has 1 atom stereocenters. The van der Waals surface area contributed by atoms with Crippen LogP contribution in [-0.2, 0) is 27.3 Å². The van der Waals surface area contributed by atoms with E-state index in [0.29, 0.717) is 23.5 Å². The van der Waals surface area contributed by atoms with Gasteiger partial charge in [0.05, 0.1) is 5.56 Å². The molecule has 2 aromatic rings. The fraction of sp³-hybridized carbons (Fsp3) is 0.222. The smallest absolute Gasteiger partial charge is 0.348 e. The minimum absolute atomic E-state index is 0.0746. The number of hydrogen-bond acceptors (Lipinski definition) is 6. The van der Waals surface area contributed by atoms with Crippen molar-refractivity contribution in [3.8, 4) is 11.5 Å². The van der Waals surface area contributed by atoms with Crippen molar-refractivity contribution in [3.63, 3.8) is 0 Å². The lowest BCUT2D eigenvalue weighted by atomic mass is 9.99. The fourth-order valence-corrected chi connectivity index (χ4v) is 2.74. The van der Waals surface area contributed by atoms with Crippen molar-refractivity contribution in [1.29, 1.82) is 0 Å². The zero-order chi connectivity index (χ0) is 16.5. The second kappa shape index (κ2) is 5.88. The first-order chi connectivity index (χ1) is 11.7. The second-order valence-electron chi connectivity index (χ2n) is 5.55. The Morgan fingerprint density at radius 3 is 2.88 bits per heavy atom. The Morgan fingerprint density at radius 1 is 1.12 bits per heavy atom. The first kappa shape index (κ1) is 14.6. The molecule has 4 rings (SSSR count). The lowest BCUT2D eigenvalue weighted by Gasteiger charge is -2.23. The van der Waals surface area contributed by atoms with Crippen LogP contribution in [0, 0.1) is 0 Å². The Balaban J connectivity index is 1.41. The summed E-state index contributed by atoms with van der Waals surface area (Å²) in [5.74, 6) is 0.238. The van der Waals surface area contributed by atoms with Gasteiger partial charge in [0.25, 0.3) is 0 Å². The molecule has 2 aliphatic rings. The maximum atomic E-state index is 12.2. The molecule has 0 unspecified atom stereocenters. The van der Waals surface area contributed by atoms with E-state index in [1.54, 1.807) is 30.3 Å². The number of cyclic esters (lactones) is 1. The highest BCUT2D eigenvalue weighted by Gasteiger charge is 2.32. The molecular formula is C18H14O6. The quantitative estimate of drug-likeness (QED) is 0.806. The second-order valence-corrected chi connectivity index (χ2v) is 5.55. The number of hydrogen-bond donors (Lipinski definition) is 0. The molecule has 0 N–H and O–H groups in total. The van der Waals surface area contributed by atoms with Crippen LogP contribution in [0.3, 0.4) is 0 Å². The number of carbonyl (C=O) groups is 2. The summed E-state index contributed by atoms with van der Waals surface area (Å²) in [7, 11) is 0. The van der Waals surface area contributed by atoms with E-state index >= 15 is 0 Å². The fourth-order valence-electron chi connectivity index (χ4n) is 2.74. The van der Waals surface area contributed by atoms with Gasteiger partial charge in [0, 0.05) is 6.42 Å². The SMILES string of the molecule is O=C1O[C@H](C(=O)OCc2ccc3c(c2)OCO3)Cc2ccccc21. The molecule has 122 valence electrons. The van der Waals surface area contributed by atoms with Crippen molar-refractivity contribution < 1.29 is 28.5 Å². The number of rotatable bonds is 3. The highest BCUT2D eigenvalue weighted by molar-refractivity contribution is 5.94. The highest BCUT2D eigenvalue weighted by atomic mass is 16.7. The largest absolute Gasteiger partial charge is 0.458 e. The molecule has 0 radical (unpaired) electrons. The Hall–Kier alpha value is -3.02. The van der Waals surface area contributed by atoms with Crippen LogP contribution < -0.4 is 9.47 Å². The molecule has 6 heteroatoms. The van der Waals surface area contributed by atoms with Crippen molar-refractivity contribution in [1.82, 2.24) is 0 Å². The maximum Gasteiger partial charge on any atom is 0.348 e. The highest BCUT2D eigenvalue weighted by Crippen LogP contribution is 2.32. The molecule has 2 aliphatic heterocycles. The standard InChI is InChI=1S/C18H14O6/c19-17-13-4-2-1-3-12(13)8-16(24-17)18(20)21-9-11-5-6-14-15(7-11)23-10-22-14/h1-7,16H,8-10H2/t16-/m0/s1. The molecule has 0 aliphatic carbocycles. The van der Waals surface area contributed by atoms with Gasteiger partial charge in [-0.2, -0.15) is 0 Å². The van der Waals surface area contributed by atoms with Gasteiger partial charge in [-0.15, -0.1) is 0 Å². The normalized spacial score (nSPS) is 17.8. The Bertz CT molecular complexity index is 813.